The molecule has 4 nitrogen and oxygen atoms in total. The van der Waals surface area contributed by atoms with Gasteiger partial charge in [0.2, 0.25) is 6.79 Å². The molecule has 2 heterocycles. The molecule has 3 rings (SSSR count). The fraction of sp³-hybridized carbons (Fsp3) is 0.286. The van der Waals surface area contributed by atoms with E-state index in [9.17, 15) is 0 Å². The molecule has 1 aliphatic heterocycles. The van der Waals surface area contributed by atoms with Crippen molar-refractivity contribution in [3.05, 3.63) is 47.4 Å². The third kappa shape index (κ3) is 1.84. The Morgan fingerprint density at radius 2 is 1.94 bits per heavy atom. The van der Waals surface area contributed by atoms with Crippen LogP contribution in [0.25, 0.3) is 0 Å². The number of fused-ring (bicyclic) bond motifs is 1. The molecule has 0 aliphatic carbocycles. The van der Waals surface area contributed by atoms with E-state index in [1.165, 1.54) is 0 Å². The zero-order valence-corrected chi connectivity index (χ0v) is 10.4. The summed E-state index contributed by atoms with van der Waals surface area (Å²) in [5, 5.41) is 3.25. The minimum absolute atomic E-state index is 0.0215. The van der Waals surface area contributed by atoms with Crippen LogP contribution >= 0.6 is 0 Å². The maximum Gasteiger partial charge on any atom is 0.231 e. The topological polar surface area (TPSA) is 43.6 Å². The number of furan rings is 1. The summed E-state index contributed by atoms with van der Waals surface area (Å²) in [6.45, 7) is 2.23. The van der Waals surface area contributed by atoms with E-state index < -0.39 is 0 Å². The molecule has 0 fully saturated rings. The lowest BCUT2D eigenvalue weighted by Gasteiger charge is -2.14. The third-order valence-corrected chi connectivity index (χ3v) is 3.06. The molecule has 0 amide bonds. The summed E-state index contributed by atoms with van der Waals surface area (Å²) >= 11 is 0. The van der Waals surface area contributed by atoms with Gasteiger partial charge in [0.25, 0.3) is 0 Å². The quantitative estimate of drug-likeness (QED) is 0.902. The van der Waals surface area contributed by atoms with Crippen LogP contribution in [0.4, 0.5) is 0 Å². The Morgan fingerprint density at radius 3 is 2.67 bits per heavy atom. The van der Waals surface area contributed by atoms with Gasteiger partial charge in [-0.2, -0.15) is 0 Å². The second-order valence-corrected chi connectivity index (χ2v) is 4.28. The predicted octanol–water partition coefficient (Wildman–Crippen LogP) is 2.63. The molecule has 1 unspecified atom stereocenters. The van der Waals surface area contributed by atoms with E-state index in [1.807, 2.05) is 44.3 Å². The standard InChI is InChI=1S/C14H15NO3/c1-9-3-5-12(18-9)14(15-2)10-4-6-11-13(7-10)17-8-16-11/h3-7,14-15H,8H2,1-2H3. The Morgan fingerprint density at radius 1 is 1.11 bits per heavy atom. The first-order chi connectivity index (χ1) is 8.78. The second-order valence-electron chi connectivity index (χ2n) is 4.28. The van der Waals surface area contributed by atoms with Crippen LogP contribution in [-0.2, 0) is 0 Å². The summed E-state index contributed by atoms with van der Waals surface area (Å²) < 4.78 is 16.4. The van der Waals surface area contributed by atoms with E-state index >= 15 is 0 Å². The van der Waals surface area contributed by atoms with Crippen LogP contribution < -0.4 is 14.8 Å². The monoisotopic (exact) mass is 245 g/mol. The van der Waals surface area contributed by atoms with Crippen LogP contribution in [-0.4, -0.2) is 13.8 Å². The molecule has 1 atom stereocenters. The minimum atomic E-state index is 0.0215. The van der Waals surface area contributed by atoms with Crippen molar-refractivity contribution in [3.63, 3.8) is 0 Å². The Labute approximate surface area is 106 Å². The van der Waals surface area contributed by atoms with Gasteiger partial charge in [0.1, 0.15) is 11.5 Å². The van der Waals surface area contributed by atoms with E-state index in [0.717, 1.165) is 28.6 Å². The average molecular weight is 245 g/mol. The molecule has 0 radical (unpaired) electrons. The van der Waals surface area contributed by atoms with Crippen LogP contribution in [0.1, 0.15) is 23.1 Å². The number of rotatable bonds is 3. The highest BCUT2D eigenvalue weighted by atomic mass is 16.7. The highest BCUT2D eigenvalue weighted by molar-refractivity contribution is 5.46. The number of benzene rings is 1. The summed E-state index contributed by atoms with van der Waals surface area (Å²) in [4.78, 5) is 0. The van der Waals surface area contributed by atoms with Crippen LogP contribution in [0.5, 0.6) is 11.5 Å². The van der Waals surface area contributed by atoms with E-state index in [0.29, 0.717) is 6.79 Å². The smallest absolute Gasteiger partial charge is 0.231 e. The van der Waals surface area contributed by atoms with Crippen molar-refractivity contribution in [1.29, 1.82) is 0 Å². The Kier molecular flexibility index (Phi) is 2.72. The van der Waals surface area contributed by atoms with Crippen molar-refractivity contribution >= 4 is 0 Å². The molecule has 4 heteroatoms. The fourth-order valence-corrected chi connectivity index (χ4v) is 2.17. The predicted molar refractivity (Wildman–Crippen MR) is 66.9 cm³/mol. The molecule has 0 saturated carbocycles. The van der Waals surface area contributed by atoms with Crippen molar-refractivity contribution < 1.29 is 13.9 Å². The van der Waals surface area contributed by atoms with Crippen molar-refractivity contribution in [2.45, 2.75) is 13.0 Å². The van der Waals surface area contributed by atoms with Crippen LogP contribution in [0, 0.1) is 6.92 Å². The van der Waals surface area contributed by atoms with Crippen molar-refractivity contribution in [3.8, 4) is 11.5 Å². The van der Waals surface area contributed by atoms with Gasteiger partial charge < -0.3 is 19.2 Å². The lowest BCUT2D eigenvalue weighted by Crippen LogP contribution is -2.16. The molecular formula is C14H15NO3. The summed E-state index contributed by atoms with van der Waals surface area (Å²) in [5.74, 6) is 3.39. The lowest BCUT2D eigenvalue weighted by molar-refractivity contribution is 0.174. The number of aryl methyl sites for hydroxylation is 1. The highest BCUT2D eigenvalue weighted by Crippen LogP contribution is 2.35. The molecule has 18 heavy (non-hydrogen) atoms. The third-order valence-electron chi connectivity index (χ3n) is 3.06. The lowest BCUT2D eigenvalue weighted by atomic mass is 10.0. The number of nitrogens with one attached hydrogen (secondary N) is 1. The fourth-order valence-electron chi connectivity index (χ4n) is 2.17. The maximum absolute atomic E-state index is 5.68. The molecule has 94 valence electrons. The van der Waals surface area contributed by atoms with Crippen LogP contribution in [0.15, 0.2) is 34.7 Å². The Bertz CT molecular complexity index is 562. The molecular weight excluding hydrogens is 230 g/mol. The van der Waals surface area contributed by atoms with Gasteiger partial charge in [-0.15, -0.1) is 0 Å². The van der Waals surface area contributed by atoms with Crippen molar-refractivity contribution in [1.82, 2.24) is 5.32 Å². The first-order valence-corrected chi connectivity index (χ1v) is 5.91. The zero-order valence-electron chi connectivity index (χ0n) is 10.4. The molecule has 1 aromatic heterocycles. The normalized spacial score (nSPS) is 14.8. The van der Waals surface area contributed by atoms with Gasteiger partial charge in [0.05, 0.1) is 6.04 Å². The van der Waals surface area contributed by atoms with Gasteiger partial charge in [0, 0.05) is 0 Å². The number of hydrogen-bond donors (Lipinski definition) is 1. The molecule has 1 aromatic carbocycles. The summed E-state index contributed by atoms with van der Waals surface area (Å²) in [7, 11) is 1.91. The van der Waals surface area contributed by atoms with Gasteiger partial charge in [-0.3, -0.25) is 0 Å². The largest absolute Gasteiger partial charge is 0.464 e. The Hall–Kier alpha value is -1.94. The summed E-state index contributed by atoms with van der Waals surface area (Å²) in [6.07, 6.45) is 0. The molecule has 1 aliphatic rings. The SMILES string of the molecule is CNC(c1ccc2c(c1)OCO2)c1ccc(C)o1. The molecule has 0 saturated heterocycles. The summed E-state index contributed by atoms with van der Waals surface area (Å²) in [5.41, 5.74) is 1.09. The van der Waals surface area contributed by atoms with E-state index in [2.05, 4.69) is 5.32 Å². The van der Waals surface area contributed by atoms with E-state index in [4.69, 9.17) is 13.9 Å². The van der Waals surface area contributed by atoms with Crippen molar-refractivity contribution in [2.75, 3.05) is 13.8 Å². The average Bonchev–Trinajstić information content (AvgIpc) is 2.99. The van der Waals surface area contributed by atoms with E-state index in [1.54, 1.807) is 0 Å². The van der Waals surface area contributed by atoms with Gasteiger partial charge in [0.15, 0.2) is 11.5 Å². The molecule has 2 aromatic rings. The second kappa shape index (κ2) is 4.38. The van der Waals surface area contributed by atoms with Gasteiger partial charge in [-0.1, -0.05) is 6.07 Å². The first-order valence-electron chi connectivity index (χ1n) is 5.91. The summed E-state index contributed by atoms with van der Waals surface area (Å²) in [6, 6.07) is 9.91. The van der Waals surface area contributed by atoms with E-state index in [-0.39, 0.29) is 6.04 Å². The first kappa shape index (κ1) is 11.2. The van der Waals surface area contributed by atoms with Crippen LogP contribution in [0.3, 0.4) is 0 Å². The van der Waals surface area contributed by atoms with Gasteiger partial charge >= 0.3 is 0 Å². The molecule has 0 bridgehead atoms. The van der Waals surface area contributed by atoms with Gasteiger partial charge in [-0.25, -0.2) is 0 Å². The molecule has 1 N–H and O–H groups in total. The highest BCUT2D eigenvalue weighted by Gasteiger charge is 2.20. The number of ether oxygens (including phenoxy) is 2. The molecule has 0 spiro atoms. The van der Waals surface area contributed by atoms with Crippen molar-refractivity contribution in [2.24, 2.45) is 0 Å². The number of hydrogen-bond acceptors (Lipinski definition) is 4. The van der Waals surface area contributed by atoms with Gasteiger partial charge in [-0.05, 0) is 43.8 Å². The minimum Gasteiger partial charge on any atom is -0.464 e. The Balaban J connectivity index is 1.96. The zero-order chi connectivity index (χ0) is 12.5. The maximum atomic E-state index is 5.68. The van der Waals surface area contributed by atoms with Crippen LogP contribution in [0.2, 0.25) is 0 Å².